The standard InChI is InChI=1S/C21H17F3N2O4/c1-12(13-3-2-4-15(9-13)21(22,23)24)25-20(27)16-11-18(30-26-16)14-5-6-17-19(10-14)29-8-7-28-17/h2-6,9-12H,7-8H2,1H3,(H,25,27)/t12-/m0/s1. The van der Waals surface area contributed by atoms with E-state index in [0.717, 1.165) is 12.1 Å². The van der Waals surface area contributed by atoms with Crippen LogP contribution in [-0.2, 0) is 6.18 Å². The summed E-state index contributed by atoms with van der Waals surface area (Å²) in [5.41, 5.74) is 0.215. The maximum absolute atomic E-state index is 12.9. The van der Waals surface area contributed by atoms with Crippen molar-refractivity contribution in [2.24, 2.45) is 0 Å². The number of hydrogen-bond acceptors (Lipinski definition) is 5. The van der Waals surface area contributed by atoms with E-state index in [4.69, 9.17) is 14.0 Å². The summed E-state index contributed by atoms with van der Waals surface area (Å²) < 4.78 is 55.0. The Morgan fingerprint density at radius 3 is 2.60 bits per heavy atom. The fourth-order valence-electron chi connectivity index (χ4n) is 3.05. The number of rotatable bonds is 4. The third kappa shape index (κ3) is 4.10. The lowest BCUT2D eigenvalue weighted by molar-refractivity contribution is -0.137. The van der Waals surface area contributed by atoms with Gasteiger partial charge in [0.2, 0.25) is 0 Å². The minimum absolute atomic E-state index is 0.0127. The van der Waals surface area contributed by atoms with Gasteiger partial charge in [0.05, 0.1) is 11.6 Å². The third-order valence-electron chi connectivity index (χ3n) is 4.63. The second-order valence-corrected chi connectivity index (χ2v) is 6.75. The monoisotopic (exact) mass is 418 g/mol. The van der Waals surface area contributed by atoms with E-state index in [1.165, 1.54) is 18.2 Å². The maximum Gasteiger partial charge on any atom is 0.416 e. The van der Waals surface area contributed by atoms with Gasteiger partial charge in [-0.3, -0.25) is 4.79 Å². The number of benzene rings is 2. The highest BCUT2D eigenvalue weighted by molar-refractivity contribution is 5.93. The summed E-state index contributed by atoms with van der Waals surface area (Å²) in [7, 11) is 0. The molecule has 0 unspecified atom stereocenters. The largest absolute Gasteiger partial charge is 0.486 e. The van der Waals surface area contributed by atoms with E-state index in [1.54, 1.807) is 25.1 Å². The lowest BCUT2D eigenvalue weighted by atomic mass is 10.0. The molecule has 1 atom stereocenters. The van der Waals surface area contributed by atoms with Crippen molar-refractivity contribution in [1.82, 2.24) is 10.5 Å². The smallest absolute Gasteiger partial charge is 0.416 e. The molecule has 0 radical (unpaired) electrons. The zero-order chi connectivity index (χ0) is 21.3. The number of hydrogen-bond donors (Lipinski definition) is 1. The number of carbonyl (C=O) groups is 1. The van der Waals surface area contributed by atoms with E-state index in [1.807, 2.05) is 0 Å². The highest BCUT2D eigenvalue weighted by Gasteiger charge is 2.31. The predicted molar refractivity (Wildman–Crippen MR) is 100 cm³/mol. The van der Waals surface area contributed by atoms with E-state index in [9.17, 15) is 18.0 Å². The zero-order valence-electron chi connectivity index (χ0n) is 15.8. The number of fused-ring (bicyclic) bond motifs is 1. The predicted octanol–water partition coefficient (Wildman–Crippen LogP) is 4.62. The molecule has 4 rings (SSSR count). The van der Waals surface area contributed by atoms with Gasteiger partial charge in [-0.1, -0.05) is 17.3 Å². The van der Waals surface area contributed by atoms with Crippen LogP contribution in [-0.4, -0.2) is 24.3 Å². The summed E-state index contributed by atoms with van der Waals surface area (Å²) in [6.45, 7) is 2.51. The van der Waals surface area contributed by atoms with Gasteiger partial charge in [0.15, 0.2) is 23.0 Å². The first-order chi connectivity index (χ1) is 14.3. The van der Waals surface area contributed by atoms with E-state index in [2.05, 4.69) is 10.5 Å². The summed E-state index contributed by atoms with van der Waals surface area (Å²) >= 11 is 0. The Labute approximate surface area is 169 Å². The molecule has 2 heterocycles. The molecule has 1 amide bonds. The van der Waals surface area contributed by atoms with Gasteiger partial charge in [-0.15, -0.1) is 0 Å². The fraction of sp³-hybridized carbons (Fsp3) is 0.238. The first-order valence-electron chi connectivity index (χ1n) is 9.16. The van der Waals surface area contributed by atoms with Crippen molar-refractivity contribution >= 4 is 5.91 Å². The molecule has 0 saturated heterocycles. The first kappa shape index (κ1) is 19.8. The highest BCUT2D eigenvalue weighted by atomic mass is 19.4. The first-order valence-corrected chi connectivity index (χ1v) is 9.16. The van der Waals surface area contributed by atoms with Crippen LogP contribution in [0.4, 0.5) is 13.2 Å². The number of ether oxygens (including phenoxy) is 2. The van der Waals surface area contributed by atoms with Gasteiger partial charge in [0.25, 0.3) is 5.91 Å². The van der Waals surface area contributed by atoms with Crippen LogP contribution in [0.3, 0.4) is 0 Å². The van der Waals surface area contributed by atoms with Gasteiger partial charge in [-0.2, -0.15) is 13.2 Å². The van der Waals surface area contributed by atoms with Crippen molar-refractivity contribution in [3.05, 3.63) is 65.4 Å². The highest BCUT2D eigenvalue weighted by Crippen LogP contribution is 2.35. The normalized spacial score (nSPS) is 14.3. The summed E-state index contributed by atoms with van der Waals surface area (Å²) in [5, 5.41) is 6.40. The van der Waals surface area contributed by atoms with Crippen LogP contribution in [0.15, 0.2) is 53.1 Å². The molecule has 6 nitrogen and oxygen atoms in total. The van der Waals surface area contributed by atoms with E-state index >= 15 is 0 Å². The molecular weight excluding hydrogens is 401 g/mol. The van der Waals surface area contributed by atoms with Crippen LogP contribution in [0.1, 0.15) is 34.6 Å². The minimum Gasteiger partial charge on any atom is -0.486 e. The minimum atomic E-state index is -4.45. The van der Waals surface area contributed by atoms with Crippen molar-refractivity contribution in [2.45, 2.75) is 19.1 Å². The third-order valence-corrected chi connectivity index (χ3v) is 4.63. The Hall–Kier alpha value is -3.49. The Bertz CT molecular complexity index is 1080. The maximum atomic E-state index is 12.9. The second kappa shape index (κ2) is 7.74. The Balaban J connectivity index is 1.48. The molecule has 2 aromatic carbocycles. The number of carbonyl (C=O) groups excluding carboxylic acids is 1. The van der Waals surface area contributed by atoms with Crippen LogP contribution >= 0.6 is 0 Å². The topological polar surface area (TPSA) is 73.6 Å². The van der Waals surface area contributed by atoms with Crippen LogP contribution in [0.5, 0.6) is 11.5 Å². The van der Waals surface area contributed by atoms with Crippen molar-refractivity contribution < 1.29 is 32.0 Å². The number of halogens is 3. The van der Waals surface area contributed by atoms with Gasteiger partial charge in [0.1, 0.15) is 13.2 Å². The zero-order valence-corrected chi connectivity index (χ0v) is 15.8. The van der Waals surface area contributed by atoms with Crippen LogP contribution in [0, 0.1) is 0 Å². The van der Waals surface area contributed by atoms with E-state index < -0.39 is 23.7 Å². The summed E-state index contributed by atoms with van der Waals surface area (Å²) in [5.74, 6) is 0.980. The molecule has 1 aliphatic heterocycles. The molecule has 0 spiro atoms. The lowest BCUT2D eigenvalue weighted by Crippen LogP contribution is -2.27. The molecule has 1 N–H and O–H groups in total. The molecule has 0 aliphatic carbocycles. The fourth-order valence-corrected chi connectivity index (χ4v) is 3.05. The van der Waals surface area contributed by atoms with Crippen molar-refractivity contribution in [2.75, 3.05) is 13.2 Å². The van der Waals surface area contributed by atoms with Crippen molar-refractivity contribution in [1.29, 1.82) is 0 Å². The Morgan fingerprint density at radius 2 is 1.83 bits per heavy atom. The van der Waals surface area contributed by atoms with Crippen LogP contribution in [0.25, 0.3) is 11.3 Å². The van der Waals surface area contributed by atoms with E-state index in [0.29, 0.717) is 41.6 Å². The molecule has 30 heavy (non-hydrogen) atoms. The Kier molecular flexibility index (Phi) is 5.11. The second-order valence-electron chi connectivity index (χ2n) is 6.75. The Morgan fingerprint density at radius 1 is 1.07 bits per heavy atom. The molecule has 0 bridgehead atoms. The molecular formula is C21H17F3N2O4. The SMILES string of the molecule is C[C@H](NC(=O)c1cc(-c2ccc3c(c2)OCCO3)on1)c1cccc(C(F)(F)F)c1. The average Bonchev–Trinajstić information content (AvgIpc) is 3.23. The summed E-state index contributed by atoms with van der Waals surface area (Å²) in [6, 6.07) is 10.8. The van der Waals surface area contributed by atoms with Gasteiger partial charge in [0, 0.05) is 11.6 Å². The molecule has 9 heteroatoms. The molecule has 1 aromatic heterocycles. The molecule has 3 aromatic rings. The molecule has 156 valence electrons. The molecule has 1 aliphatic rings. The quantitative estimate of drug-likeness (QED) is 0.669. The summed E-state index contributed by atoms with van der Waals surface area (Å²) in [4.78, 5) is 12.5. The number of amides is 1. The van der Waals surface area contributed by atoms with Gasteiger partial charge in [-0.05, 0) is 42.8 Å². The average molecular weight is 418 g/mol. The van der Waals surface area contributed by atoms with E-state index in [-0.39, 0.29) is 5.69 Å². The summed E-state index contributed by atoms with van der Waals surface area (Å²) in [6.07, 6.45) is -4.45. The number of nitrogens with zero attached hydrogens (tertiary/aromatic N) is 1. The number of aromatic nitrogens is 1. The van der Waals surface area contributed by atoms with Crippen molar-refractivity contribution in [3.63, 3.8) is 0 Å². The van der Waals surface area contributed by atoms with Gasteiger partial charge >= 0.3 is 6.18 Å². The van der Waals surface area contributed by atoms with Crippen molar-refractivity contribution in [3.8, 4) is 22.8 Å². The molecule has 0 fully saturated rings. The molecule has 0 saturated carbocycles. The number of nitrogens with one attached hydrogen (secondary N) is 1. The van der Waals surface area contributed by atoms with Crippen LogP contribution in [0.2, 0.25) is 0 Å². The lowest BCUT2D eigenvalue weighted by Gasteiger charge is -2.18. The van der Waals surface area contributed by atoms with Crippen LogP contribution < -0.4 is 14.8 Å². The van der Waals surface area contributed by atoms with Gasteiger partial charge < -0.3 is 19.3 Å². The number of alkyl halides is 3. The van der Waals surface area contributed by atoms with Gasteiger partial charge in [-0.25, -0.2) is 0 Å².